The van der Waals surface area contributed by atoms with Gasteiger partial charge in [-0.15, -0.1) is 0 Å². The summed E-state index contributed by atoms with van der Waals surface area (Å²) in [7, 11) is 0. The zero-order valence-corrected chi connectivity index (χ0v) is 15.5. The van der Waals surface area contributed by atoms with Crippen LogP contribution >= 0.6 is 0 Å². The minimum atomic E-state index is -0.603. The molecule has 0 saturated carbocycles. The lowest BCUT2D eigenvalue weighted by Gasteiger charge is -2.22. The molecule has 1 unspecified atom stereocenters. The molecule has 0 aliphatic carbocycles. The van der Waals surface area contributed by atoms with Crippen LogP contribution in [0.2, 0.25) is 0 Å². The Bertz CT molecular complexity index is 781. The molecule has 0 aromatic heterocycles. The number of rotatable bonds is 5. The van der Waals surface area contributed by atoms with Gasteiger partial charge in [-0.3, -0.25) is 9.59 Å². The first kappa shape index (κ1) is 18.7. The van der Waals surface area contributed by atoms with E-state index in [-0.39, 0.29) is 17.7 Å². The van der Waals surface area contributed by atoms with E-state index in [1.54, 1.807) is 6.07 Å². The van der Waals surface area contributed by atoms with Crippen molar-refractivity contribution in [3.63, 3.8) is 0 Å². The Morgan fingerprint density at radius 2 is 1.56 bits per heavy atom. The largest absolute Gasteiger partial charge is 0.340 e. The molecule has 0 heterocycles. The second-order valence-corrected chi connectivity index (χ2v) is 6.80. The maximum atomic E-state index is 12.7. The lowest BCUT2D eigenvalue weighted by Crippen LogP contribution is -2.47. The molecule has 1 atom stereocenters. The predicted octanol–water partition coefficient (Wildman–Crippen LogP) is 4.00. The van der Waals surface area contributed by atoms with E-state index in [9.17, 15) is 9.59 Å². The number of hydrogen-bond acceptors (Lipinski definition) is 2. The molecule has 2 aromatic carbocycles. The van der Waals surface area contributed by atoms with Gasteiger partial charge in [-0.25, -0.2) is 0 Å². The molecular formula is C21H26N2O2. The van der Waals surface area contributed by atoms with Gasteiger partial charge in [-0.05, 0) is 61.6 Å². The molecule has 132 valence electrons. The number of carbonyl (C=O) groups excluding carboxylic acids is 2. The summed E-state index contributed by atoms with van der Waals surface area (Å²) in [5.41, 5.74) is 4.50. The fraction of sp³-hybridized carbons (Fsp3) is 0.333. The van der Waals surface area contributed by atoms with Crippen LogP contribution in [-0.4, -0.2) is 17.9 Å². The van der Waals surface area contributed by atoms with Crippen LogP contribution in [0.25, 0.3) is 0 Å². The lowest BCUT2D eigenvalue weighted by atomic mass is 10.0. The molecule has 4 nitrogen and oxygen atoms in total. The molecule has 0 bridgehead atoms. The predicted molar refractivity (Wildman–Crippen MR) is 102 cm³/mol. The highest BCUT2D eigenvalue weighted by molar-refractivity contribution is 6.01. The van der Waals surface area contributed by atoms with Gasteiger partial charge in [-0.1, -0.05) is 38.1 Å². The van der Waals surface area contributed by atoms with Crippen LogP contribution in [0.15, 0.2) is 42.5 Å². The number of carbonyl (C=O) groups is 2. The first-order valence-electron chi connectivity index (χ1n) is 8.54. The van der Waals surface area contributed by atoms with E-state index in [0.717, 1.165) is 16.8 Å². The molecule has 0 radical (unpaired) electrons. The van der Waals surface area contributed by atoms with Crippen molar-refractivity contribution in [2.75, 3.05) is 5.32 Å². The topological polar surface area (TPSA) is 58.2 Å². The van der Waals surface area contributed by atoms with Gasteiger partial charge >= 0.3 is 0 Å². The molecule has 25 heavy (non-hydrogen) atoms. The zero-order valence-electron chi connectivity index (χ0n) is 15.5. The van der Waals surface area contributed by atoms with Gasteiger partial charge in [-0.2, -0.15) is 0 Å². The molecule has 0 saturated heterocycles. The van der Waals surface area contributed by atoms with E-state index >= 15 is 0 Å². The molecule has 2 N–H and O–H groups in total. The van der Waals surface area contributed by atoms with Crippen LogP contribution in [0, 0.1) is 26.7 Å². The van der Waals surface area contributed by atoms with Crippen LogP contribution in [0.5, 0.6) is 0 Å². The average Bonchev–Trinajstić information content (AvgIpc) is 2.55. The summed E-state index contributed by atoms with van der Waals surface area (Å²) in [6.45, 7) is 9.76. The zero-order chi connectivity index (χ0) is 18.6. The van der Waals surface area contributed by atoms with Gasteiger partial charge in [0.15, 0.2) is 0 Å². The number of nitrogens with one attached hydrogen (secondary N) is 2. The second kappa shape index (κ2) is 7.97. The minimum Gasteiger partial charge on any atom is -0.340 e. The van der Waals surface area contributed by atoms with Crippen molar-refractivity contribution in [1.82, 2.24) is 5.32 Å². The fourth-order valence-electron chi connectivity index (χ4n) is 2.62. The molecule has 2 rings (SSSR count). The van der Waals surface area contributed by atoms with Gasteiger partial charge in [0.1, 0.15) is 6.04 Å². The van der Waals surface area contributed by atoms with E-state index in [1.807, 2.05) is 71.0 Å². The van der Waals surface area contributed by atoms with Crippen LogP contribution in [0.1, 0.15) is 40.9 Å². The Morgan fingerprint density at radius 1 is 0.880 bits per heavy atom. The van der Waals surface area contributed by atoms with Crippen molar-refractivity contribution in [3.8, 4) is 0 Å². The summed E-state index contributed by atoms with van der Waals surface area (Å²) < 4.78 is 0. The Balaban J connectivity index is 2.14. The molecule has 0 aliphatic heterocycles. The highest BCUT2D eigenvalue weighted by Crippen LogP contribution is 2.16. The van der Waals surface area contributed by atoms with E-state index < -0.39 is 6.04 Å². The lowest BCUT2D eigenvalue weighted by molar-refractivity contribution is -0.118. The van der Waals surface area contributed by atoms with Gasteiger partial charge < -0.3 is 10.6 Å². The van der Waals surface area contributed by atoms with Crippen LogP contribution in [0.3, 0.4) is 0 Å². The number of amides is 2. The summed E-state index contributed by atoms with van der Waals surface area (Å²) in [5.74, 6) is -0.466. The van der Waals surface area contributed by atoms with Crippen molar-refractivity contribution in [1.29, 1.82) is 0 Å². The molecule has 2 aromatic rings. The first-order chi connectivity index (χ1) is 11.8. The highest BCUT2D eigenvalue weighted by Gasteiger charge is 2.25. The van der Waals surface area contributed by atoms with Crippen molar-refractivity contribution < 1.29 is 9.59 Å². The Morgan fingerprint density at radius 3 is 2.16 bits per heavy atom. The quantitative estimate of drug-likeness (QED) is 0.865. The fourth-order valence-corrected chi connectivity index (χ4v) is 2.62. The summed E-state index contributed by atoms with van der Waals surface area (Å²) in [6, 6.07) is 12.5. The van der Waals surface area contributed by atoms with Crippen LogP contribution in [-0.2, 0) is 4.79 Å². The van der Waals surface area contributed by atoms with Crippen LogP contribution < -0.4 is 10.6 Å². The summed E-state index contributed by atoms with van der Waals surface area (Å²) in [4.78, 5) is 25.2. The SMILES string of the molecule is Cc1ccc(NC(=O)C(NC(=O)c2ccccc2C)C(C)C)cc1C. The third-order valence-electron chi connectivity index (χ3n) is 4.40. The third kappa shape index (κ3) is 4.69. The number of aryl methyl sites for hydroxylation is 3. The van der Waals surface area contributed by atoms with Gasteiger partial charge in [0, 0.05) is 11.3 Å². The maximum Gasteiger partial charge on any atom is 0.252 e. The van der Waals surface area contributed by atoms with E-state index in [4.69, 9.17) is 0 Å². The maximum absolute atomic E-state index is 12.7. The standard InChI is InChI=1S/C21H26N2O2/c1-13(2)19(23-20(24)18-9-7-6-8-15(18)4)21(25)22-17-11-10-14(3)16(5)12-17/h6-13,19H,1-5H3,(H,22,25)(H,23,24). The third-order valence-corrected chi connectivity index (χ3v) is 4.40. The van der Waals surface area contributed by atoms with Gasteiger partial charge in [0.05, 0.1) is 0 Å². The summed E-state index contributed by atoms with van der Waals surface area (Å²) >= 11 is 0. The van der Waals surface area contributed by atoms with Crippen molar-refractivity contribution in [2.24, 2.45) is 5.92 Å². The molecular weight excluding hydrogens is 312 g/mol. The molecule has 4 heteroatoms. The Kier molecular flexibility index (Phi) is 5.97. The molecule has 0 fully saturated rings. The summed E-state index contributed by atoms with van der Waals surface area (Å²) in [6.07, 6.45) is 0. The summed E-state index contributed by atoms with van der Waals surface area (Å²) in [5, 5.41) is 5.78. The van der Waals surface area contributed by atoms with Crippen molar-refractivity contribution in [2.45, 2.75) is 40.7 Å². The smallest absolute Gasteiger partial charge is 0.252 e. The first-order valence-corrected chi connectivity index (χ1v) is 8.54. The van der Waals surface area contributed by atoms with Gasteiger partial charge in [0.25, 0.3) is 5.91 Å². The van der Waals surface area contributed by atoms with E-state index in [2.05, 4.69) is 10.6 Å². The number of anilines is 1. The van der Waals surface area contributed by atoms with E-state index in [1.165, 1.54) is 5.56 Å². The number of benzene rings is 2. The molecule has 0 spiro atoms. The molecule has 0 aliphatic rings. The van der Waals surface area contributed by atoms with Crippen LogP contribution in [0.4, 0.5) is 5.69 Å². The number of hydrogen-bond donors (Lipinski definition) is 2. The highest BCUT2D eigenvalue weighted by atomic mass is 16.2. The van der Waals surface area contributed by atoms with E-state index in [0.29, 0.717) is 5.56 Å². The molecule has 2 amide bonds. The monoisotopic (exact) mass is 338 g/mol. The van der Waals surface area contributed by atoms with Crippen molar-refractivity contribution >= 4 is 17.5 Å². The van der Waals surface area contributed by atoms with Crippen molar-refractivity contribution in [3.05, 3.63) is 64.7 Å². The normalized spacial score (nSPS) is 11.9. The second-order valence-electron chi connectivity index (χ2n) is 6.80. The van der Waals surface area contributed by atoms with Gasteiger partial charge in [0.2, 0.25) is 5.91 Å². The average molecular weight is 338 g/mol. The minimum absolute atomic E-state index is 0.0282. The Labute approximate surface area is 149 Å². The Hall–Kier alpha value is -2.62.